The smallest absolute Gasteiger partial charge is 0.253 e. The number of nitrogens with zero attached hydrogens (tertiary/aromatic N) is 18. The van der Waals surface area contributed by atoms with Crippen molar-refractivity contribution >= 4 is 11.6 Å². The standard InChI is InChI=1S/C13H19FN2O2.2C13H20N2O2.2C13H20N2O.C12H17ClN2O2.2C12H17FN2O.C11H15FN2O/c1-9(2)16-7-6-10(8-16)18-12-5-4-11(14)13(15-12)17-3;1-10(2)15-5-4-11(9-15)17-13-6-12(16-3)7-14-8-13;1-10(2)15-8-7-11(9-15)17-13-6-4-5-12(14-13)16-3;1-10(2)15-8-7-12(9-15)16-13-6-4-5-11(3)14-13;1-10(2)15-8-11(3)12(9-15)16-13-6-4-5-7-14-13;1-8(2)15-6-10(7-15)17-9-4-11(13)12(16-3)14-5-9;1-9(2)15-4-3-11(8-15)16-12-5-10(13)6-14-7-12;1-9(2)15-6-5-11(8-15)16-12-4-3-10(13)7-14-12;1-8(2)14-6-11(7-14)15-10-3-9(12)4-13-5-10/h4-5,9-10H,6-8H2,1-3H3;6-8,10-11H,4-5,9H2,1-3H3;4-6,10-11H,7-9H2,1-3H3;4-6,10,12H,7-9H2,1-3H3;4-7,10-12H,8-9H2,1-3H3;4-5,8,10H,6-7H2,1-3H3;5-7,9,11H,3-4,8H2,1-2H3;3-4,7,9,11H,5-6,8H2,1-2H3;3-5,8,11H,6-7H2,1-2H3. The largest absolute Gasteiger partial charge is 0.495 e. The van der Waals surface area contributed by atoms with Gasteiger partial charge < -0.3 is 61.6 Å². The van der Waals surface area contributed by atoms with Crippen LogP contribution in [0, 0.1) is 36.1 Å². The third-order valence-electron chi connectivity index (χ3n) is 26.9. The van der Waals surface area contributed by atoms with Crippen molar-refractivity contribution in [3.05, 3.63) is 193 Å². The maximum absolute atomic E-state index is 13.2. The van der Waals surface area contributed by atoms with Crippen molar-refractivity contribution < 1.29 is 79.1 Å². The first-order chi connectivity index (χ1) is 70.8. The van der Waals surface area contributed by atoms with Gasteiger partial charge in [-0.1, -0.05) is 36.7 Å². The molecule has 0 N–H and O–H groups in total. The van der Waals surface area contributed by atoms with Gasteiger partial charge in [-0.05, 0) is 194 Å². The summed E-state index contributed by atoms with van der Waals surface area (Å²) in [6.45, 7) is 61.8. The third kappa shape index (κ3) is 40.6. The number of methoxy groups -OCH3 is 4. The van der Waals surface area contributed by atoms with Crippen LogP contribution in [-0.4, -0.2) is 345 Å². The SMILES string of the molecule is CC(C)N1CC(Oc2cncc(F)c2)C1.CC(C)N1CCC(Oc2ccc(F)cn2)C1.CC(C)N1CCC(Oc2cncc(F)c2)C1.CC1CN(C(C)C)CC1Oc1ccccn1.COc1cccc(OC2CCN(C(C)C)C2)n1.COc1cncc(OC2CCN(C(C)C)C2)c1.COc1nc(OC2CCN(C(C)C)C2)ccc1F.COc1ncc(OC2CN(C(C)C)C2)cc1Cl.Cc1cccc(OC2CCN(C(C)C)C2)n1. The molecule has 8 unspecified atom stereocenters. The molecule has 18 heterocycles. The fraction of sp³-hybridized carbons (Fsp3) is 0.598. The Kier molecular flexibility index (Phi) is 49.2. The average molecular weight is 2080 g/mol. The Morgan fingerprint density at radius 3 is 1.02 bits per heavy atom. The molecule has 31 nitrogen and oxygen atoms in total. The van der Waals surface area contributed by atoms with Gasteiger partial charge in [-0.2, -0.15) is 9.97 Å². The Morgan fingerprint density at radius 2 is 0.642 bits per heavy atom. The lowest BCUT2D eigenvalue weighted by Gasteiger charge is -2.41. The molecule has 148 heavy (non-hydrogen) atoms. The summed E-state index contributed by atoms with van der Waals surface area (Å²) in [6.07, 6.45) is 21.7. The molecule has 0 aliphatic carbocycles. The highest BCUT2D eigenvalue weighted by atomic mass is 35.5. The zero-order valence-corrected chi connectivity index (χ0v) is 92.5. The van der Waals surface area contributed by atoms with Crippen LogP contribution in [0.25, 0.3) is 0 Å². The van der Waals surface area contributed by atoms with Crippen molar-refractivity contribution in [3.63, 3.8) is 0 Å². The van der Waals surface area contributed by atoms with Crippen molar-refractivity contribution in [2.45, 2.75) is 286 Å². The number of pyridine rings is 9. The maximum Gasteiger partial charge on any atom is 0.253 e. The minimum atomic E-state index is -0.472. The monoisotopic (exact) mass is 2080 g/mol. The summed E-state index contributed by atoms with van der Waals surface area (Å²) in [5.74, 6) is 6.42. The molecule has 9 aromatic heterocycles. The molecule has 0 saturated carbocycles. The van der Waals surface area contributed by atoms with Crippen molar-refractivity contribution in [2.24, 2.45) is 5.92 Å². The second-order valence-corrected chi connectivity index (χ2v) is 41.5. The normalized spacial score (nSPS) is 20.9. The van der Waals surface area contributed by atoms with Gasteiger partial charge in [-0.15, -0.1) is 0 Å². The second kappa shape index (κ2) is 61.0. The molecular weight excluding hydrogens is 1920 g/mol. The Hall–Kier alpha value is -10.6. The Morgan fingerprint density at radius 1 is 0.284 bits per heavy atom. The first-order valence-electron chi connectivity index (χ1n) is 52.6. The van der Waals surface area contributed by atoms with Crippen LogP contribution in [0.1, 0.15) is 176 Å². The number of likely N-dealkylation sites (tertiary alicyclic amines) is 9. The lowest BCUT2D eigenvalue weighted by atomic mass is 10.1. The van der Waals surface area contributed by atoms with Gasteiger partial charge in [-0.25, -0.2) is 37.5 Å². The summed E-state index contributed by atoms with van der Waals surface area (Å²) in [6, 6.07) is 34.6. The van der Waals surface area contributed by atoms with Gasteiger partial charge in [-0.3, -0.25) is 59.1 Å². The topological polar surface area (TPSA) is 265 Å². The van der Waals surface area contributed by atoms with E-state index in [2.05, 4.69) is 221 Å². The van der Waals surface area contributed by atoms with Crippen molar-refractivity contribution in [3.8, 4) is 75.8 Å². The van der Waals surface area contributed by atoms with Crippen LogP contribution in [0.4, 0.5) is 17.6 Å². The first-order valence-corrected chi connectivity index (χ1v) is 53.0. The van der Waals surface area contributed by atoms with E-state index in [1.54, 1.807) is 70.6 Å². The molecule has 816 valence electrons. The summed E-state index contributed by atoms with van der Waals surface area (Å²) < 4.78 is 124. The molecule has 8 atom stereocenters. The molecule has 0 radical (unpaired) electrons. The van der Waals surface area contributed by atoms with Gasteiger partial charge in [0.2, 0.25) is 41.2 Å². The van der Waals surface area contributed by atoms with E-state index in [-0.39, 0.29) is 72.2 Å². The summed E-state index contributed by atoms with van der Waals surface area (Å²) in [5, 5.41) is 0.477. The molecule has 0 spiro atoms. The molecule has 18 rings (SSSR count). The minimum absolute atomic E-state index is 0.0220. The zero-order valence-electron chi connectivity index (χ0n) is 91.7. The predicted octanol–water partition coefficient (Wildman–Crippen LogP) is 18.5. The number of hydrogen-bond acceptors (Lipinski definition) is 31. The molecule has 0 aromatic carbocycles. The van der Waals surface area contributed by atoms with E-state index in [1.807, 2.05) is 67.6 Å². The molecule has 9 aromatic rings. The number of aryl methyl sites for hydroxylation is 1. The lowest BCUT2D eigenvalue weighted by molar-refractivity contribution is -0.000200. The minimum Gasteiger partial charge on any atom is -0.495 e. The van der Waals surface area contributed by atoms with Crippen LogP contribution in [0.5, 0.6) is 75.8 Å². The van der Waals surface area contributed by atoms with E-state index in [0.29, 0.717) is 118 Å². The third-order valence-corrected chi connectivity index (χ3v) is 27.2. The van der Waals surface area contributed by atoms with Gasteiger partial charge in [0.15, 0.2) is 5.82 Å². The number of aromatic nitrogens is 9. The van der Waals surface area contributed by atoms with E-state index in [0.717, 1.165) is 185 Å². The van der Waals surface area contributed by atoms with Crippen LogP contribution in [-0.2, 0) is 0 Å². The van der Waals surface area contributed by atoms with Crippen LogP contribution in [0.2, 0.25) is 5.02 Å². The van der Waals surface area contributed by atoms with E-state index in [4.69, 9.17) is 73.2 Å². The number of halogens is 5. The molecule has 9 fully saturated rings. The summed E-state index contributed by atoms with van der Waals surface area (Å²) in [7, 11) is 6.19. The number of ether oxygens (including phenoxy) is 13. The molecule has 9 aliphatic heterocycles. The Bertz CT molecular complexity index is 5150. The Labute approximate surface area is 882 Å². The molecule has 9 saturated heterocycles. The van der Waals surface area contributed by atoms with Crippen molar-refractivity contribution in [2.75, 3.05) is 146 Å². The van der Waals surface area contributed by atoms with E-state index >= 15 is 0 Å². The quantitative estimate of drug-likeness (QED) is 0.0365. The van der Waals surface area contributed by atoms with Crippen LogP contribution in [0.3, 0.4) is 0 Å². The number of rotatable bonds is 31. The van der Waals surface area contributed by atoms with Crippen molar-refractivity contribution in [1.29, 1.82) is 0 Å². The van der Waals surface area contributed by atoms with Gasteiger partial charge in [0.1, 0.15) is 106 Å². The summed E-state index contributed by atoms with van der Waals surface area (Å²) >= 11 is 5.98. The van der Waals surface area contributed by atoms with Gasteiger partial charge >= 0.3 is 0 Å². The highest BCUT2D eigenvalue weighted by Gasteiger charge is 2.37. The fourth-order valence-electron chi connectivity index (χ4n) is 17.7. The van der Waals surface area contributed by atoms with E-state index in [9.17, 15) is 17.6 Å². The van der Waals surface area contributed by atoms with Gasteiger partial charge in [0.25, 0.3) is 5.88 Å². The summed E-state index contributed by atoms with van der Waals surface area (Å²) in [5.41, 5.74) is 1.01. The maximum atomic E-state index is 13.2. The average Bonchev–Trinajstić information content (AvgIpc) is 1.72. The Balaban J connectivity index is 0.000000170. The van der Waals surface area contributed by atoms with Gasteiger partial charge in [0.05, 0.1) is 78.0 Å². The highest BCUT2D eigenvalue weighted by molar-refractivity contribution is 6.31. The van der Waals surface area contributed by atoms with Crippen LogP contribution < -0.4 is 61.6 Å². The molecule has 36 heteroatoms. The van der Waals surface area contributed by atoms with Crippen molar-refractivity contribution in [1.82, 2.24) is 89.0 Å². The molecule has 9 aliphatic rings. The van der Waals surface area contributed by atoms with Gasteiger partial charge in [0, 0.05) is 251 Å². The zero-order chi connectivity index (χ0) is 107. The highest BCUT2D eigenvalue weighted by Crippen LogP contribution is 2.33. The summed E-state index contributed by atoms with van der Waals surface area (Å²) in [4.78, 5) is 57.9. The molecular formula is C112H165ClF4N18O13. The van der Waals surface area contributed by atoms with E-state index < -0.39 is 5.82 Å². The lowest BCUT2D eigenvalue weighted by Crippen LogP contribution is -2.56. The first kappa shape index (κ1) is 119. The van der Waals surface area contributed by atoms with E-state index in [1.165, 1.54) is 56.0 Å². The van der Waals surface area contributed by atoms with Crippen LogP contribution in [0.15, 0.2) is 159 Å². The number of hydrogen-bond donors (Lipinski definition) is 0. The second-order valence-electron chi connectivity index (χ2n) is 41.1. The fourth-order valence-corrected chi connectivity index (χ4v) is 18.0. The molecule has 0 bridgehead atoms. The molecule has 0 amide bonds. The predicted molar refractivity (Wildman–Crippen MR) is 571 cm³/mol. The van der Waals surface area contributed by atoms with Crippen LogP contribution >= 0.6 is 11.6 Å².